The van der Waals surface area contributed by atoms with E-state index in [1.807, 2.05) is 0 Å². The van der Waals surface area contributed by atoms with Crippen LogP contribution in [-0.4, -0.2) is 17.8 Å². The van der Waals surface area contributed by atoms with Gasteiger partial charge in [-0.15, -0.1) is 0 Å². The van der Waals surface area contributed by atoms with Crippen molar-refractivity contribution in [2.24, 2.45) is 5.41 Å². The van der Waals surface area contributed by atoms with E-state index < -0.39 is 0 Å². The van der Waals surface area contributed by atoms with E-state index in [-0.39, 0.29) is 18.1 Å². The summed E-state index contributed by atoms with van der Waals surface area (Å²) in [7, 11) is 0. The minimum Gasteiger partial charge on any atom is -0.490 e. The van der Waals surface area contributed by atoms with Gasteiger partial charge in [0.15, 0.2) is 0 Å². The number of aliphatic hydroxyl groups excluding tert-OH is 1. The van der Waals surface area contributed by atoms with Gasteiger partial charge in [0.1, 0.15) is 5.75 Å². The summed E-state index contributed by atoms with van der Waals surface area (Å²) >= 11 is 0. The highest BCUT2D eigenvalue weighted by Crippen LogP contribution is 2.47. The van der Waals surface area contributed by atoms with E-state index in [0.29, 0.717) is 5.92 Å². The van der Waals surface area contributed by atoms with Crippen LogP contribution in [0.3, 0.4) is 0 Å². The summed E-state index contributed by atoms with van der Waals surface area (Å²) in [6.07, 6.45) is 18.5. The maximum Gasteiger partial charge on any atom is 0.119 e. The quantitative estimate of drug-likeness (QED) is 0.212. The minimum atomic E-state index is -0.129. The number of hydrogen-bond acceptors (Lipinski definition) is 3. The molecule has 3 heteroatoms. The number of unbranched alkanes of at least 4 members (excludes halogenated alkanes) is 6. The first-order valence-electron chi connectivity index (χ1n) is 15.5. The van der Waals surface area contributed by atoms with Crippen molar-refractivity contribution in [2.75, 3.05) is 6.61 Å². The van der Waals surface area contributed by atoms with Crippen molar-refractivity contribution in [3.63, 3.8) is 0 Å². The van der Waals surface area contributed by atoms with E-state index in [0.717, 1.165) is 63.5 Å². The molecule has 0 bridgehead atoms. The zero-order valence-corrected chi connectivity index (χ0v) is 24.1. The second kappa shape index (κ2) is 16.6. The fourth-order valence-electron chi connectivity index (χ4n) is 6.21. The van der Waals surface area contributed by atoms with Crippen molar-refractivity contribution < 1.29 is 9.84 Å². The van der Waals surface area contributed by atoms with Crippen LogP contribution in [0, 0.1) is 16.7 Å². The highest BCUT2D eigenvalue weighted by atomic mass is 16.5. The third-order valence-electron chi connectivity index (χ3n) is 8.51. The van der Waals surface area contributed by atoms with Gasteiger partial charge >= 0.3 is 0 Å². The molecule has 1 N–H and O–H groups in total. The average Bonchev–Trinajstić information content (AvgIpc) is 2.96. The smallest absolute Gasteiger partial charge is 0.119 e. The zero-order chi connectivity index (χ0) is 27.1. The molecule has 1 fully saturated rings. The van der Waals surface area contributed by atoms with Crippen LogP contribution in [-0.2, 0) is 0 Å². The molecule has 3 unspecified atom stereocenters. The molecule has 0 radical (unpaired) electrons. The van der Waals surface area contributed by atoms with Gasteiger partial charge in [0.2, 0.25) is 0 Å². The highest BCUT2D eigenvalue weighted by molar-refractivity contribution is 5.64. The number of nitriles is 1. The second-order valence-electron chi connectivity index (χ2n) is 11.6. The highest BCUT2D eigenvalue weighted by Gasteiger charge is 2.36. The van der Waals surface area contributed by atoms with E-state index in [1.54, 1.807) is 0 Å². The average molecular weight is 518 g/mol. The molecule has 208 valence electrons. The number of hydrogen-bond donors (Lipinski definition) is 1. The standard InChI is InChI=1S/C35H51NO2/c1-3-5-6-7-8-10-24-35(28-36)25-12-14-32(27-35)31-18-16-29(17-19-31)30-20-22-34(23-21-30)38-33(13-4-2)15-9-11-26-37/h16-23,32-33,37H,3-15,24-27H2,1-2H3. The lowest BCUT2D eigenvalue weighted by Crippen LogP contribution is -2.26. The van der Waals surface area contributed by atoms with Gasteiger partial charge in [-0.25, -0.2) is 0 Å². The molecule has 3 atom stereocenters. The van der Waals surface area contributed by atoms with E-state index in [2.05, 4.69) is 68.4 Å². The molecule has 3 rings (SSSR count). The monoisotopic (exact) mass is 517 g/mol. The largest absolute Gasteiger partial charge is 0.490 e. The Morgan fingerprint density at radius 3 is 2.21 bits per heavy atom. The summed E-state index contributed by atoms with van der Waals surface area (Å²) in [4.78, 5) is 0. The van der Waals surface area contributed by atoms with Gasteiger partial charge in [-0.1, -0.05) is 102 Å². The molecule has 0 aliphatic heterocycles. The van der Waals surface area contributed by atoms with Crippen LogP contribution in [0.1, 0.15) is 128 Å². The minimum absolute atomic E-state index is 0.129. The Balaban J connectivity index is 1.56. The molecule has 1 aliphatic rings. The Morgan fingerprint density at radius 1 is 0.868 bits per heavy atom. The van der Waals surface area contributed by atoms with E-state index in [4.69, 9.17) is 9.84 Å². The van der Waals surface area contributed by atoms with Crippen LogP contribution in [0.15, 0.2) is 48.5 Å². The number of benzene rings is 2. The molecule has 38 heavy (non-hydrogen) atoms. The molecule has 2 aromatic rings. The Hall–Kier alpha value is -2.31. The Morgan fingerprint density at radius 2 is 1.55 bits per heavy atom. The summed E-state index contributed by atoms with van der Waals surface area (Å²) < 4.78 is 6.27. The third kappa shape index (κ3) is 9.46. The van der Waals surface area contributed by atoms with Gasteiger partial charge < -0.3 is 9.84 Å². The molecule has 0 heterocycles. The lowest BCUT2D eigenvalue weighted by Gasteiger charge is -2.36. The van der Waals surface area contributed by atoms with Crippen LogP contribution >= 0.6 is 0 Å². The predicted molar refractivity (Wildman–Crippen MR) is 159 cm³/mol. The summed E-state index contributed by atoms with van der Waals surface area (Å²) in [6.45, 7) is 4.71. The zero-order valence-electron chi connectivity index (χ0n) is 24.1. The number of ether oxygens (including phenoxy) is 1. The second-order valence-corrected chi connectivity index (χ2v) is 11.6. The van der Waals surface area contributed by atoms with Crippen molar-refractivity contribution in [2.45, 2.75) is 129 Å². The van der Waals surface area contributed by atoms with Crippen LogP contribution < -0.4 is 4.74 Å². The topological polar surface area (TPSA) is 53.2 Å². The van der Waals surface area contributed by atoms with Gasteiger partial charge in [0.05, 0.1) is 17.6 Å². The van der Waals surface area contributed by atoms with Crippen molar-refractivity contribution in [1.82, 2.24) is 0 Å². The van der Waals surface area contributed by atoms with E-state index >= 15 is 0 Å². The van der Waals surface area contributed by atoms with Gasteiger partial charge in [-0.3, -0.25) is 0 Å². The van der Waals surface area contributed by atoms with Crippen LogP contribution in [0.25, 0.3) is 11.1 Å². The van der Waals surface area contributed by atoms with Crippen LogP contribution in [0.4, 0.5) is 0 Å². The fraction of sp³-hybridized carbons (Fsp3) is 0.629. The lowest BCUT2D eigenvalue weighted by molar-refractivity contribution is 0.171. The molecule has 0 saturated heterocycles. The van der Waals surface area contributed by atoms with Crippen molar-refractivity contribution in [3.05, 3.63) is 54.1 Å². The molecule has 3 nitrogen and oxygen atoms in total. The molecule has 0 spiro atoms. The SMILES string of the molecule is CCCCCCCCC1(C#N)CCCC(c2ccc(-c3ccc(OC(CCC)CCCCO)cc3)cc2)C1. The maximum absolute atomic E-state index is 10.1. The van der Waals surface area contributed by atoms with Gasteiger partial charge in [0, 0.05) is 6.61 Å². The molecular weight excluding hydrogens is 466 g/mol. The Bertz CT molecular complexity index is 945. The van der Waals surface area contributed by atoms with Gasteiger partial charge in [-0.2, -0.15) is 5.26 Å². The maximum atomic E-state index is 10.1. The Labute approximate surface area is 232 Å². The first-order chi connectivity index (χ1) is 18.6. The predicted octanol–water partition coefficient (Wildman–Crippen LogP) is 9.98. The summed E-state index contributed by atoms with van der Waals surface area (Å²) in [5.74, 6) is 1.42. The first-order valence-corrected chi connectivity index (χ1v) is 15.5. The molecule has 1 aliphatic carbocycles. The van der Waals surface area contributed by atoms with Crippen LogP contribution in [0.2, 0.25) is 0 Å². The van der Waals surface area contributed by atoms with E-state index in [1.165, 1.54) is 61.6 Å². The number of nitrogens with zero attached hydrogens (tertiary/aromatic N) is 1. The van der Waals surface area contributed by atoms with Crippen LogP contribution in [0.5, 0.6) is 5.75 Å². The molecule has 1 saturated carbocycles. The molecule has 0 amide bonds. The molecule has 0 aromatic heterocycles. The summed E-state index contributed by atoms with van der Waals surface area (Å²) in [5.41, 5.74) is 3.69. The summed E-state index contributed by atoms with van der Waals surface area (Å²) in [6, 6.07) is 20.3. The number of aliphatic hydroxyl groups is 1. The Kier molecular flexibility index (Phi) is 13.2. The van der Waals surface area contributed by atoms with Crippen molar-refractivity contribution in [1.29, 1.82) is 5.26 Å². The molecule has 2 aromatic carbocycles. The van der Waals surface area contributed by atoms with Crippen molar-refractivity contribution >= 4 is 0 Å². The summed E-state index contributed by atoms with van der Waals surface area (Å²) in [5, 5.41) is 19.2. The van der Waals surface area contributed by atoms with Gasteiger partial charge in [-0.05, 0) is 86.1 Å². The molecular formula is C35H51NO2. The first kappa shape index (κ1) is 30.2. The third-order valence-corrected chi connectivity index (χ3v) is 8.51. The van der Waals surface area contributed by atoms with Crippen molar-refractivity contribution in [3.8, 4) is 22.9 Å². The van der Waals surface area contributed by atoms with E-state index in [9.17, 15) is 5.26 Å². The lowest BCUT2D eigenvalue weighted by atomic mass is 9.66. The number of rotatable bonds is 17. The fourth-order valence-corrected chi connectivity index (χ4v) is 6.21. The normalized spacial score (nSPS) is 20.1. The van der Waals surface area contributed by atoms with Gasteiger partial charge in [0.25, 0.3) is 0 Å².